The van der Waals surface area contributed by atoms with E-state index in [0.29, 0.717) is 31.2 Å². The van der Waals surface area contributed by atoms with Crippen molar-refractivity contribution in [2.45, 2.75) is 20.3 Å². The van der Waals surface area contributed by atoms with Crippen molar-refractivity contribution in [3.8, 4) is 17.1 Å². The Morgan fingerprint density at radius 2 is 1.91 bits per heavy atom. The van der Waals surface area contributed by atoms with E-state index in [9.17, 15) is 4.79 Å². The Labute approximate surface area is 186 Å². The molecule has 166 valence electrons. The lowest BCUT2D eigenvalue weighted by molar-refractivity contribution is 0.122. The molecule has 8 heteroatoms. The number of amides is 1. The van der Waals surface area contributed by atoms with Crippen molar-refractivity contribution in [1.29, 1.82) is 0 Å². The largest absolute Gasteiger partial charge is 0.417 e. The number of nitrogens with one attached hydrogen (secondary N) is 1. The highest BCUT2D eigenvalue weighted by molar-refractivity contribution is 5.86. The number of morpholine rings is 1. The Bertz CT molecular complexity index is 1100. The molecule has 0 unspecified atom stereocenters. The first-order valence-electron chi connectivity index (χ1n) is 10.6. The quantitative estimate of drug-likeness (QED) is 0.630. The van der Waals surface area contributed by atoms with Gasteiger partial charge in [-0.25, -0.2) is 19.2 Å². The third-order valence-electron chi connectivity index (χ3n) is 5.28. The number of aryl methyl sites for hydroxylation is 1. The molecule has 2 heterocycles. The summed E-state index contributed by atoms with van der Waals surface area (Å²) >= 11 is 0. The van der Waals surface area contributed by atoms with Gasteiger partial charge in [-0.3, -0.25) is 5.32 Å². The summed E-state index contributed by atoms with van der Waals surface area (Å²) in [7, 11) is 0. The zero-order chi connectivity index (χ0) is 22.5. The van der Waals surface area contributed by atoms with E-state index >= 15 is 4.39 Å². The molecule has 0 aliphatic carbocycles. The van der Waals surface area contributed by atoms with E-state index in [0.717, 1.165) is 30.2 Å². The molecule has 1 aliphatic rings. The van der Waals surface area contributed by atoms with E-state index in [4.69, 9.17) is 9.47 Å². The molecular formula is C24H25FN4O3. The van der Waals surface area contributed by atoms with Gasteiger partial charge in [-0.1, -0.05) is 25.1 Å². The van der Waals surface area contributed by atoms with Crippen LogP contribution in [0.25, 0.3) is 11.4 Å². The van der Waals surface area contributed by atoms with E-state index in [1.54, 1.807) is 36.4 Å². The van der Waals surface area contributed by atoms with Crippen LogP contribution in [0.1, 0.15) is 18.2 Å². The van der Waals surface area contributed by atoms with Crippen LogP contribution in [0.15, 0.2) is 48.5 Å². The molecule has 32 heavy (non-hydrogen) atoms. The first-order valence-corrected chi connectivity index (χ1v) is 10.6. The van der Waals surface area contributed by atoms with Crippen molar-refractivity contribution in [2.75, 3.05) is 36.5 Å². The predicted octanol–water partition coefficient (Wildman–Crippen LogP) is 4.60. The van der Waals surface area contributed by atoms with Crippen LogP contribution < -0.4 is 15.0 Å². The normalized spacial score (nSPS) is 13.7. The number of hydrogen-bond donors (Lipinski definition) is 1. The van der Waals surface area contributed by atoms with Gasteiger partial charge in [0.1, 0.15) is 17.4 Å². The van der Waals surface area contributed by atoms with Crippen LogP contribution in [0, 0.1) is 12.7 Å². The lowest BCUT2D eigenvalue weighted by atomic mass is 10.1. The molecule has 0 saturated carbocycles. The number of hydrogen-bond acceptors (Lipinski definition) is 6. The van der Waals surface area contributed by atoms with Crippen molar-refractivity contribution in [2.24, 2.45) is 0 Å². The molecule has 1 aromatic heterocycles. The van der Waals surface area contributed by atoms with Crippen LogP contribution in [0.5, 0.6) is 5.75 Å². The maximum atomic E-state index is 15.0. The van der Waals surface area contributed by atoms with Crippen LogP contribution in [0.2, 0.25) is 0 Å². The summed E-state index contributed by atoms with van der Waals surface area (Å²) in [4.78, 5) is 23.5. The van der Waals surface area contributed by atoms with Crippen molar-refractivity contribution in [3.63, 3.8) is 0 Å². The molecule has 1 N–H and O–H groups in total. The van der Waals surface area contributed by atoms with Gasteiger partial charge in [-0.2, -0.15) is 0 Å². The summed E-state index contributed by atoms with van der Waals surface area (Å²) in [5, 5.41) is 2.54. The van der Waals surface area contributed by atoms with Gasteiger partial charge in [-0.15, -0.1) is 0 Å². The number of benzene rings is 2. The molecule has 0 bridgehead atoms. The number of carbonyl (C=O) groups is 1. The van der Waals surface area contributed by atoms with E-state index in [1.165, 1.54) is 6.07 Å². The molecular weight excluding hydrogens is 411 g/mol. The number of anilines is 2. The van der Waals surface area contributed by atoms with Crippen molar-refractivity contribution in [3.05, 3.63) is 65.6 Å². The van der Waals surface area contributed by atoms with Gasteiger partial charge in [0.15, 0.2) is 5.82 Å². The second-order valence-electron chi connectivity index (χ2n) is 7.42. The van der Waals surface area contributed by atoms with Crippen LogP contribution in [-0.2, 0) is 11.2 Å². The van der Waals surface area contributed by atoms with Gasteiger partial charge in [0.25, 0.3) is 0 Å². The van der Waals surface area contributed by atoms with Crippen molar-refractivity contribution in [1.82, 2.24) is 9.97 Å². The summed E-state index contributed by atoms with van der Waals surface area (Å²) in [6, 6.07) is 13.1. The van der Waals surface area contributed by atoms with E-state index < -0.39 is 11.9 Å². The van der Waals surface area contributed by atoms with E-state index in [2.05, 4.69) is 20.2 Å². The maximum Gasteiger partial charge on any atom is 0.417 e. The second-order valence-corrected chi connectivity index (χ2v) is 7.42. The van der Waals surface area contributed by atoms with Crippen LogP contribution in [0.3, 0.4) is 0 Å². The van der Waals surface area contributed by atoms with Gasteiger partial charge in [0.05, 0.1) is 18.8 Å². The summed E-state index contributed by atoms with van der Waals surface area (Å²) in [6.45, 7) is 6.74. The molecule has 1 aliphatic heterocycles. The highest BCUT2D eigenvalue weighted by Crippen LogP contribution is 2.28. The number of nitrogens with zero attached hydrogens (tertiary/aromatic N) is 3. The van der Waals surface area contributed by atoms with Crippen molar-refractivity contribution >= 4 is 17.6 Å². The topological polar surface area (TPSA) is 76.6 Å². The molecule has 2 aromatic carbocycles. The SMILES string of the molecule is CCc1nc(-c2ccc(NC(=O)Oc3ccccc3)cc2F)nc(N2CCOCC2)c1C. The molecule has 1 fully saturated rings. The lowest BCUT2D eigenvalue weighted by Gasteiger charge is -2.29. The van der Waals surface area contributed by atoms with E-state index in [1.807, 2.05) is 19.9 Å². The Kier molecular flexibility index (Phi) is 6.61. The van der Waals surface area contributed by atoms with Crippen LogP contribution in [-0.4, -0.2) is 42.4 Å². The predicted molar refractivity (Wildman–Crippen MR) is 121 cm³/mol. The van der Waals surface area contributed by atoms with Gasteiger partial charge in [-0.05, 0) is 43.7 Å². The van der Waals surface area contributed by atoms with Gasteiger partial charge < -0.3 is 14.4 Å². The molecule has 0 radical (unpaired) electrons. The zero-order valence-electron chi connectivity index (χ0n) is 18.1. The molecule has 0 spiro atoms. The number of ether oxygens (including phenoxy) is 2. The first-order chi connectivity index (χ1) is 15.5. The van der Waals surface area contributed by atoms with Crippen LogP contribution >= 0.6 is 0 Å². The minimum atomic E-state index is -0.696. The number of halogens is 1. The molecule has 7 nitrogen and oxygen atoms in total. The molecule has 1 saturated heterocycles. The number of aromatic nitrogens is 2. The Morgan fingerprint density at radius 3 is 2.59 bits per heavy atom. The average Bonchev–Trinajstić information content (AvgIpc) is 2.81. The smallest absolute Gasteiger partial charge is 0.410 e. The molecule has 3 aromatic rings. The standard InChI is InChI=1S/C24H25FN4O3/c1-3-21-16(2)23(29-11-13-31-14-12-29)28-22(27-21)19-10-9-17(15-20(19)25)26-24(30)32-18-7-5-4-6-8-18/h4-10,15H,3,11-14H2,1-2H3,(H,26,30). The molecule has 4 rings (SSSR count). The monoisotopic (exact) mass is 436 g/mol. The minimum Gasteiger partial charge on any atom is -0.410 e. The fourth-order valence-corrected chi connectivity index (χ4v) is 3.61. The average molecular weight is 436 g/mol. The highest BCUT2D eigenvalue weighted by Gasteiger charge is 2.20. The Morgan fingerprint density at radius 1 is 1.16 bits per heavy atom. The second kappa shape index (κ2) is 9.74. The third-order valence-corrected chi connectivity index (χ3v) is 5.28. The maximum absolute atomic E-state index is 15.0. The first kappa shape index (κ1) is 21.7. The number of para-hydroxylation sites is 1. The van der Waals surface area contributed by atoms with Gasteiger partial charge >= 0.3 is 6.09 Å². The highest BCUT2D eigenvalue weighted by atomic mass is 19.1. The fourth-order valence-electron chi connectivity index (χ4n) is 3.61. The lowest BCUT2D eigenvalue weighted by Crippen LogP contribution is -2.37. The van der Waals surface area contributed by atoms with Crippen molar-refractivity contribution < 1.29 is 18.7 Å². The van der Waals surface area contributed by atoms with Gasteiger partial charge in [0, 0.05) is 30.0 Å². The zero-order valence-corrected chi connectivity index (χ0v) is 18.1. The number of carbonyl (C=O) groups excluding carboxylic acids is 1. The molecule has 0 atom stereocenters. The Balaban J connectivity index is 1.57. The minimum absolute atomic E-state index is 0.274. The fraction of sp³-hybridized carbons (Fsp3) is 0.292. The van der Waals surface area contributed by atoms with E-state index in [-0.39, 0.29) is 11.3 Å². The third kappa shape index (κ3) is 4.86. The van der Waals surface area contributed by atoms with Crippen LogP contribution in [0.4, 0.5) is 20.7 Å². The summed E-state index contributed by atoms with van der Waals surface area (Å²) < 4.78 is 25.6. The Hall–Kier alpha value is -3.52. The summed E-state index contributed by atoms with van der Waals surface area (Å²) in [6.07, 6.45) is 0.0171. The summed E-state index contributed by atoms with van der Waals surface area (Å²) in [5.74, 6) is 1.01. The molecule has 1 amide bonds. The summed E-state index contributed by atoms with van der Waals surface area (Å²) in [5.41, 5.74) is 2.43. The number of rotatable bonds is 5. The van der Waals surface area contributed by atoms with Gasteiger partial charge in [0.2, 0.25) is 0 Å².